The number of carbonyl (C=O) groups is 2. The van der Waals surface area contributed by atoms with Crippen molar-refractivity contribution < 1.29 is 46.9 Å². The summed E-state index contributed by atoms with van der Waals surface area (Å²) in [7, 11) is 0. The van der Waals surface area contributed by atoms with Crippen molar-refractivity contribution in [3.8, 4) is 5.75 Å². The van der Waals surface area contributed by atoms with E-state index < -0.39 is 48.3 Å². The molecule has 0 amide bonds. The van der Waals surface area contributed by atoms with Crippen LogP contribution in [0.5, 0.6) is 5.75 Å². The van der Waals surface area contributed by atoms with Gasteiger partial charge in [0.2, 0.25) is 12.9 Å². The number of esters is 2. The van der Waals surface area contributed by atoms with E-state index in [2.05, 4.69) is 14.3 Å². The van der Waals surface area contributed by atoms with Crippen LogP contribution in [0.1, 0.15) is 5.56 Å². The predicted molar refractivity (Wildman–Crippen MR) is 84.9 cm³/mol. The third-order valence-corrected chi connectivity index (χ3v) is 3.60. The van der Waals surface area contributed by atoms with Crippen molar-refractivity contribution in [1.82, 2.24) is 0 Å². The van der Waals surface area contributed by atoms with E-state index in [1.54, 1.807) is 0 Å². The molecule has 9 nitrogen and oxygen atoms in total. The summed E-state index contributed by atoms with van der Waals surface area (Å²) in [6, 6.07) is 2.39. The van der Waals surface area contributed by atoms with E-state index in [1.807, 2.05) is 0 Å². The van der Waals surface area contributed by atoms with E-state index in [4.69, 9.17) is 27.9 Å². The zero-order valence-corrected chi connectivity index (χ0v) is 14.8. The Morgan fingerprint density at radius 3 is 2.54 bits per heavy atom. The van der Waals surface area contributed by atoms with Gasteiger partial charge in [-0.1, -0.05) is 23.2 Å². The van der Waals surface area contributed by atoms with Gasteiger partial charge in [-0.15, -0.1) is 10.1 Å². The predicted octanol–water partition coefficient (Wildman–Crippen LogP) is 2.95. The number of carbonyl (C=O) groups excluding carboxylic acids is 2. The van der Waals surface area contributed by atoms with Crippen LogP contribution in [0.2, 0.25) is 10.0 Å². The van der Waals surface area contributed by atoms with Gasteiger partial charge in [-0.25, -0.2) is 9.59 Å². The third kappa shape index (κ3) is 5.39. The monoisotopic (exact) mass is 445 g/mol. The van der Waals surface area contributed by atoms with Crippen molar-refractivity contribution >= 4 is 41.2 Å². The average molecular weight is 446 g/mol. The molecule has 2 rings (SSSR count). The fourth-order valence-corrected chi connectivity index (χ4v) is 2.58. The molecule has 1 unspecified atom stereocenters. The molecule has 152 valence electrons. The molecule has 1 aromatic rings. The molecule has 14 heteroatoms. The van der Waals surface area contributed by atoms with Gasteiger partial charge >= 0.3 is 18.1 Å². The number of hydrogen-bond acceptors (Lipinski definition) is 8. The summed E-state index contributed by atoms with van der Waals surface area (Å²) in [5.41, 5.74) is -0.947. The van der Waals surface area contributed by atoms with Gasteiger partial charge in [-0.05, 0) is 18.2 Å². The van der Waals surface area contributed by atoms with Gasteiger partial charge in [0.15, 0.2) is 6.61 Å². The number of nitrogens with zero attached hydrogens (tertiary/aromatic N) is 1. The zero-order chi connectivity index (χ0) is 21.1. The van der Waals surface area contributed by atoms with Gasteiger partial charge < -0.3 is 19.0 Å². The molecular weight excluding hydrogens is 438 g/mol. The molecule has 0 aliphatic carbocycles. The first-order valence-electron chi connectivity index (χ1n) is 7.03. The summed E-state index contributed by atoms with van der Waals surface area (Å²) < 4.78 is 53.4. The number of hydrogen-bond donors (Lipinski definition) is 0. The fraction of sp³-hybridized carbons (Fsp3) is 0.286. The van der Waals surface area contributed by atoms with Gasteiger partial charge in [0, 0.05) is 10.6 Å². The Kier molecular flexibility index (Phi) is 6.56. The van der Waals surface area contributed by atoms with Crippen molar-refractivity contribution in [2.45, 2.75) is 12.3 Å². The Balaban J connectivity index is 2.15. The first-order chi connectivity index (χ1) is 13.0. The van der Waals surface area contributed by atoms with E-state index in [-0.39, 0.29) is 21.4 Å². The van der Waals surface area contributed by atoms with Crippen LogP contribution in [0.4, 0.5) is 13.2 Å². The Hall–Kier alpha value is -2.73. The quantitative estimate of drug-likeness (QED) is 0.284. The largest absolute Gasteiger partial charge is 0.474 e. The minimum absolute atomic E-state index is 0.00123. The molecule has 1 heterocycles. The van der Waals surface area contributed by atoms with Crippen molar-refractivity contribution in [1.29, 1.82) is 0 Å². The Morgan fingerprint density at radius 2 is 1.93 bits per heavy atom. The van der Waals surface area contributed by atoms with Gasteiger partial charge in [-0.3, -0.25) is 0 Å². The van der Waals surface area contributed by atoms with Crippen LogP contribution in [-0.2, 0) is 23.9 Å². The van der Waals surface area contributed by atoms with E-state index in [0.717, 1.165) is 6.08 Å². The summed E-state index contributed by atoms with van der Waals surface area (Å²) in [5, 5.41) is 8.54. The van der Waals surface area contributed by atoms with Gasteiger partial charge in [-0.2, -0.15) is 13.2 Å². The molecule has 1 aliphatic rings. The molecular formula is C14H8Cl2F3NO8. The van der Waals surface area contributed by atoms with Crippen LogP contribution in [-0.4, -0.2) is 42.7 Å². The van der Waals surface area contributed by atoms with Gasteiger partial charge in [0.25, 0.3) is 5.09 Å². The highest BCUT2D eigenvalue weighted by molar-refractivity contribution is 6.36. The fourth-order valence-electron chi connectivity index (χ4n) is 2.02. The smallest absolute Gasteiger partial charge is 0.430 e. The molecule has 0 N–H and O–H groups in total. The van der Waals surface area contributed by atoms with Crippen LogP contribution in [0.3, 0.4) is 0 Å². The topological polar surface area (TPSA) is 114 Å². The lowest BCUT2D eigenvalue weighted by Crippen LogP contribution is -2.41. The SMILES string of the molecule is O=C(CO[N+](=O)[O-])OCOC(=O)C1=Cc2cc(Cl)cc(Cl)c2OC1C(F)(F)F. The molecule has 1 aromatic carbocycles. The van der Waals surface area contributed by atoms with E-state index in [9.17, 15) is 32.9 Å². The molecule has 0 saturated heterocycles. The lowest BCUT2D eigenvalue weighted by atomic mass is 10.0. The second kappa shape index (κ2) is 8.52. The highest BCUT2D eigenvalue weighted by Gasteiger charge is 2.49. The number of halogens is 5. The molecule has 0 aromatic heterocycles. The normalized spacial score (nSPS) is 15.6. The molecule has 1 aliphatic heterocycles. The van der Waals surface area contributed by atoms with E-state index in [1.165, 1.54) is 12.1 Å². The lowest BCUT2D eigenvalue weighted by molar-refractivity contribution is -0.754. The first-order valence-corrected chi connectivity index (χ1v) is 7.78. The van der Waals surface area contributed by atoms with Gasteiger partial charge in [0.05, 0.1) is 10.6 Å². The van der Waals surface area contributed by atoms with Crippen LogP contribution in [0.25, 0.3) is 6.08 Å². The number of benzene rings is 1. The third-order valence-electron chi connectivity index (χ3n) is 3.10. The van der Waals surface area contributed by atoms with Crippen molar-refractivity contribution in [3.63, 3.8) is 0 Å². The van der Waals surface area contributed by atoms with Crippen molar-refractivity contribution in [3.05, 3.63) is 43.4 Å². The minimum atomic E-state index is -5.00. The summed E-state index contributed by atoms with van der Waals surface area (Å²) in [4.78, 5) is 36.7. The second-order valence-electron chi connectivity index (χ2n) is 5.01. The molecule has 0 fully saturated rings. The highest BCUT2D eigenvalue weighted by Crippen LogP contribution is 2.42. The number of fused-ring (bicyclic) bond motifs is 1. The summed E-state index contributed by atoms with van der Waals surface area (Å²) >= 11 is 11.6. The molecule has 0 radical (unpaired) electrons. The number of alkyl halides is 3. The number of rotatable bonds is 6. The van der Waals surface area contributed by atoms with Crippen LogP contribution in [0, 0.1) is 10.1 Å². The highest BCUT2D eigenvalue weighted by atomic mass is 35.5. The van der Waals surface area contributed by atoms with E-state index in [0.29, 0.717) is 0 Å². The van der Waals surface area contributed by atoms with Crippen LogP contribution in [0.15, 0.2) is 17.7 Å². The first kappa shape index (κ1) is 21.6. The maximum absolute atomic E-state index is 13.3. The van der Waals surface area contributed by atoms with E-state index >= 15 is 0 Å². The average Bonchev–Trinajstić information content (AvgIpc) is 2.57. The van der Waals surface area contributed by atoms with Crippen LogP contribution < -0.4 is 4.74 Å². The van der Waals surface area contributed by atoms with Crippen molar-refractivity contribution in [2.75, 3.05) is 13.4 Å². The summed E-state index contributed by atoms with van der Waals surface area (Å²) in [6.07, 6.45) is -6.86. The Labute approximate surface area is 163 Å². The number of ether oxygens (including phenoxy) is 3. The van der Waals surface area contributed by atoms with Gasteiger partial charge in [0.1, 0.15) is 5.75 Å². The zero-order valence-electron chi connectivity index (χ0n) is 13.3. The van der Waals surface area contributed by atoms with Crippen LogP contribution >= 0.6 is 23.2 Å². The summed E-state index contributed by atoms with van der Waals surface area (Å²) in [6.45, 7) is -2.20. The Bertz CT molecular complexity index is 843. The Morgan fingerprint density at radius 1 is 1.25 bits per heavy atom. The second-order valence-corrected chi connectivity index (χ2v) is 5.85. The molecule has 0 spiro atoms. The molecule has 0 bridgehead atoms. The summed E-state index contributed by atoms with van der Waals surface area (Å²) in [5.74, 6) is -3.12. The molecule has 1 atom stereocenters. The molecule has 0 saturated carbocycles. The minimum Gasteiger partial charge on any atom is -0.474 e. The maximum atomic E-state index is 13.3. The standard InChI is InChI=1S/C14H8Cl2F3NO8/c15-7-1-6-2-8(12(14(17,18)19)28-11(6)9(16)3-7)13(22)26-5-25-10(21)4-27-20(23)24/h1-3,12H,4-5H2. The van der Waals surface area contributed by atoms with Crippen molar-refractivity contribution in [2.24, 2.45) is 0 Å². The maximum Gasteiger partial charge on any atom is 0.430 e. The molecule has 28 heavy (non-hydrogen) atoms. The lowest BCUT2D eigenvalue weighted by Gasteiger charge is -2.28.